The van der Waals surface area contributed by atoms with Crippen molar-refractivity contribution in [1.29, 1.82) is 0 Å². The van der Waals surface area contributed by atoms with E-state index in [2.05, 4.69) is 4.90 Å². The van der Waals surface area contributed by atoms with E-state index >= 15 is 0 Å². The molecule has 28 heavy (non-hydrogen) atoms. The van der Waals surface area contributed by atoms with Crippen LogP contribution in [0.25, 0.3) is 0 Å². The lowest BCUT2D eigenvalue weighted by molar-refractivity contribution is -0.603. The molecule has 150 valence electrons. The van der Waals surface area contributed by atoms with E-state index in [4.69, 9.17) is 28.3 Å². The van der Waals surface area contributed by atoms with Gasteiger partial charge in [0.1, 0.15) is 11.1 Å². The first-order chi connectivity index (χ1) is 13.2. The number of aromatic carboxylic acids is 1. The summed E-state index contributed by atoms with van der Waals surface area (Å²) in [6.45, 7) is 3.10. The molecule has 0 radical (unpaired) electrons. The van der Waals surface area contributed by atoms with Gasteiger partial charge in [-0.2, -0.15) is 9.46 Å². The molecule has 3 rings (SSSR count). The van der Waals surface area contributed by atoms with E-state index in [1.807, 2.05) is 7.05 Å². The number of hydrogen-bond donors (Lipinski definition) is 1. The van der Waals surface area contributed by atoms with Gasteiger partial charge in [0.25, 0.3) is 16.2 Å². The Kier molecular flexibility index (Phi) is 7.38. The Hall–Kier alpha value is -2.62. The number of rotatable bonds is 2. The van der Waals surface area contributed by atoms with Crippen molar-refractivity contribution in [3.63, 3.8) is 0 Å². The van der Waals surface area contributed by atoms with Crippen LogP contribution in [0.1, 0.15) is 20.7 Å². The van der Waals surface area contributed by atoms with E-state index in [9.17, 15) is 20.0 Å². The second-order valence-corrected chi connectivity index (χ2v) is 6.81. The van der Waals surface area contributed by atoms with E-state index in [-0.39, 0.29) is 21.8 Å². The van der Waals surface area contributed by atoms with Crippen molar-refractivity contribution < 1.29 is 24.2 Å². The topological polar surface area (TPSA) is 115 Å². The zero-order chi connectivity index (χ0) is 20.8. The molecule has 3 heterocycles. The van der Waals surface area contributed by atoms with Crippen molar-refractivity contribution in [3.8, 4) is 0 Å². The van der Waals surface area contributed by atoms with Gasteiger partial charge in [-0.25, -0.2) is 4.79 Å². The van der Waals surface area contributed by atoms with E-state index in [1.165, 1.54) is 24.4 Å². The molecule has 0 aromatic carbocycles. The number of pyridine rings is 2. The molecule has 11 heteroatoms. The number of hydrogen-bond acceptors (Lipinski definition) is 5. The van der Waals surface area contributed by atoms with Crippen LogP contribution in [0.5, 0.6) is 0 Å². The van der Waals surface area contributed by atoms with Crippen molar-refractivity contribution in [2.24, 2.45) is 0 Å². The molecule has 9 nitrogen and oxygen atoms in total. The molecular formula is C17H18Cl2N4O5. The molecule has 1 fully saturated rings. The van der Waals surface area contributed by atoms with Crippen LogP contribution in [0.2, 0.25) is 10.3 Å². The highest BCUT2D eigenvalue weighted by atomic mass is 35.5. The summed E-state index contributed by atoms with van der Waals surface area (Å²) >= 11 is 11.0. The highest BCUT2D eigenvalue weighted by Crippen LogP contribution is 2.09. The third-order valence-electron chi connectivity index (χ3n) is 4.02. The summed E-state index contributed by atoms with van der Waals surface area (Å²) in [6.07, 6.45) is 2.13. The summed E-state index contributed by atoms with van der Waals surface area (Å²) in [5.41, 5.74) is 0.304. The van der Waals surface area contributed by atoms with Crippen LogP contribution in [0.4, 0.5) is 0 Å². The van der Waals surface area contributed by atoms with Gasteiger partial charge >= 0.3 is 5.97 Å². The normalized spacial score (nSPS) is 14.2. The lowest BCUT2D eigenvalue weighted by Crippen LogP contribution is -2.47. The maximum Gasteiger partial charge on any atom is 0.341 e. The predicted octanol–water partition coefficient (Wildman–Crippen LogP) is 1.03. The van der Waals surface area contributed by atoms with Gasteiger partial charge in [-0.05, 0) is 42.4 Å². The standard InChI is InChI=1S/C11H14ClN3O2.C6H4ClNO3/c1-13-4-6-14(7-5-13)11(16)9-2-3-10(12)15(17)8-9;7-5-2-1-4(6(9)10)3-8(5)11/h2-3,8H,4-7H2,1H3;1-3H,(H,9,10). The van der Waals surface area contributed by atoms with Crippen molar-refractivity contribution in [2.45, 2.75) is 0 Å². The van der Waals surface area contributed by atoms with Crippen LogP contribution < -0.4 is 9.46 Å². The molecule has 0 saturated carbocycles. The maximum absolute atomic E-state index is 12.1. The Morgan fingerprint density at radius 1 is 0.929 bits per heavy atom. The lowest BCUT2D eigenvalue weighted by atomic mass is 10.2. The minimum atomic E-state index is -1.15. The SMILES string of the molecule is CN1CCN(C(=O)c2ccc(Cl)[n+]([O-])c2)CC1.O=C(O)c1ccc(Cl)[n+]([O-])c1. The number of nitrogens with zero attached hydrogens (tertiary/aromatic N) is 4. The van der Waals surface area contributed by atoms with Gasteiger partial charge in [0.05, 0.1) is 0 Å². The smallest absolute Gasteiger partial charge is 0.341 e. The van der Waals surface area contributed by atoms with E-state index in [0.29, 0.717) is 28.1 Å². The lowest BCUT2D eigenvalue weighted by Gasteiger charge is -2.32. The number of piperazine rings is 1. The molecule has 0 bridgehead atoms. The summed E-state index contributed by atoms with van der Waals surface area (Å²) in [7, 11) is 2.02. The molecule has 1 aliphatic heterocycles. The quantitative estimate of drug-likeness (QED) is 0.433. The third-order valence-corrected chi connectivity index (χ3v) is 4.60. The second kappa shape index (κ2) is 9.54. The first-order valence-corrected chi connectivity index (χ1v) is 8.93. The van der Waals surface area contributed by atoms with Gasteiger partial charge < -0.3 is 25.3 Å². The van der Waals surface area contributed by atoms with Crippen LogP contribution in [0.3, 0.4) is 0 Å². The molecule has 0 atom stereocenters. The molecule has 0 unspecified atom stereocenters. The molecule has 1 saturated heterocycles. The average Bonchev–Trinajstić information content (AvgIpc) is 2.66. The van der Waals surface area contributed by atoms with Crippen molar-refractivity contribution in [3.05, 3.63) is 68.5 Å². The first-order valence-electron chi connectivity index (χ1n) is 8.17. The fourth-order valence-corrected chi connectivity index (χ4v) is 2.59. The summed E-state index contributed by atoms with van der Waals surface area (Å²) in [5.74, 6) is -1.26. The number of carboxylic acids is 1. The second-order valence-electron chi connectivity index (χ2n) is 6.03. The van der Waals surface area contributed by atoms with E-state index in [0.717, 1.165) is 19.3 Å². The Balaban J connectivity index is 0.000000221. The highest BCUT2D eigenvalue weighted by Gasteiger charge is 2.22. The summed E-state index contributed by atoms with van der Waals surface area (Å²) < 4.78 is 0.801. The maximum atomic E-state index is 12.1. The van der Waals surface area contributed by atoms with Crippen molar-refractivity contribution in [1.82, 2.24) is 9.80 Å². The van der Waals surface area contributed by atoms with Gasteiger partial charge in [0.2, 0.25) is 0 Å². The molecule has 2 aromatic heterocycles. The van der Waals surface area contributed by atoms with Gasteiger partial charge in [-0.3, -0.25) is 4.79 Å². The Morgan fingerprint density at radius 2 is 1.39 bits per heavy atom. The molecule has 1 aliphatic rings. The highest BCUT2D eigenvalue weighted by molar-refractivity contribution is 6.28. The number of carbonyl (C=O) groups excluding carboxylic acids is 1. The summed E-state index contributed by atoms with van der Waals surface area (Å²) in [5, 5.41) is 30.4. The average molecular weight is 429 g/mol. The zero-order valence-electron chi connectivity index (χ0n) is 14.9. The van der Waals surface area contributed by atoms with E-state index in [1.54, 1.807) is 11.0 Å². The molecule has 2 aromatic rings. The van der Waals surface area contributed by atoms with Crippen LogP contribution in [0.15, 0.2) is 36.7 Å². The number of carboxylic acid groups (broad SMARTS) is 1. The van der Waals surface area contributed by atoms with Gasteiger partial charge in [-0.15, -0.1) is 0 Å². The van der Waals surface area contributed by atoms with Gasteiger partial charge in [0, 0.05) is 38.3 Å². The summed E-state index contributed by atoms with van der Waals surface area (Å²) in [4.78, 5) is 26.3. The minimum Gasteiger partial charge on any atom is -0.618 e. The first kappa shape index (κ1) is 21.7. The zero-order valence-corrected chi connectivity index (χ0v) is 16.4. The van der Waals surface area contributed by atoms with Crippen LogP contribution in [0, 0.1) is 10.4 Å². The third kappa shape index (κ3) is 5.69. The Labute approximate surface area is 171 Å². The molecule has 1 amide bonds. The monoisotopic (exact) mass is 428 g/mol. The largest absolute Gasteiger partial charge is 0.618 e. The number of likely N-dealkylation sites (N-methyl/N-ethyl adjacent to an activating group) is 1. The Morgan fingerprint density at radius 3 is 1.86 bits per heavy atom. The molecule has 0 aliphatic carbocycles. The number of halogens is 2. The number of aromatic nitrogens is 2. The fraction of sp³-hybridized carbons (Fsp3) is 0.294. The van der Waals surface area contributed by atoms with Gasteiger partial charge in [0.15, 0.2) is 12.4 Å². The van der Waals surface area contributed by atoms with Gasteiger partial charge in [-0.1, -0.05) is 0 Å². The van der Waals surface area contributed by atoms with Crippen LogP contribution >= 0.6 is 23.2 Å². The van der Waals surface area contributed by atoms with Crippen LogP contribution in [-0.2, 0) is 0 Å². The number of carbonyl (C=O) groups is 2. The van der Waals surface area contributed by atoms with Crippen LogP contribution in [-0.4, -0.2) is 60.0 Å². The minimum absolute atomic E-state index is 0.0463. The van der Waals surface area contributed by atoms with E-state index < -0.39 is 5.97 Å². The summed E-state index contributed by atoms with van der Waals surface area (Å²) in [6, 6.07) is 5.52. The predicted molar refractivity (Wildman–Crippen MR) is 101 cm³/mol. The van der Waals surface area contributed by atoms with Crippen molar-refractivity contribution in [2.75, 3.05) is 33.2 Å². The molecular weight excluding hydrogens is 411 g/mol. The number of amides is 1. The van der Waals surface area contributed by atoms with Crippen molar-refractivity contribution >= 4 is 35.1 Å². The fourth-order valence-electron chi connectivity index (χ4n) is 2.37. The molecule has 1 N–H and O–H groups in total. The molecule has 0 spiro atoms. The Bertz CT molecular complexity index is 873.